The van der Waals surface area contributed by atoms with Crippen LogP contribution in [0.15, 0.2) is 6.20 Å². The molecule has 0 aliphatic carbocycles. The highest BCUT2D eigenvalue weighted by Gasteiger charge is 2.03. The molecular formula is C6H9N5O2. The van der Waals surface area contributed by atoms with Crippen LogP contribution in [0.5, 0.6) is 0 Å². The van der Waals surface area contributed by atoms with Gasteiger partial charge in [0, 0.05) is 6.92 Å². The summed E-state index contributed by atoms with van der Waals surface area (Å²) in [5, 5.41) is 9.88. The number of hydrogen-bond donors (Lipinski definition) is 2. The lowest BCUT2D eigenvalue weighted by Gasteiger charge is -1.94. The number of hydrogen-bond acceptors (Lipinski definition) is 4. The topological polar surface area (TPSA) is 103 Å². The van der Waals surface area contributed by atoms with E-state index in [4.69, 9.17) is 5.73 Å². The third kappa shape index (κ3) is 2.89. The minimum absolute atomic E-state index is 0.0976. The molecule has 0 aliphatic rings. The van der Waals surface area contributed by atoms with Gasteiger partial charge in [0.1, 0.15) is 6.54 Å². The molecule has 7 heteroatoms. The van der Waals surface area contributed by atoms with E-state index < -0.39 is 5.91 Å². The van der Waals surface area contributed by atoms with E-state index in [0.717, 1.165) is 4.80 Å². The molecule has 1 rings (SSSR count). The van der Waals surface area contributed by atoms with Crippen LogP contribution in [0.1, 0.15) is 6.92 Å². The van der Waals surface area contributed by atoms with Crippen molar-refractivity contribution in [2.45, 2.75) is 13.5 Å². The van der Waals surface area contributed by atoms with Crippen molar-refractivity contribution in [2.24, 2.45) is 5.73 Å². The van der Waals surface area contributed by atoms with Gasteiger partial charge in [-0.1, -0.05) is 0 Å². The van der Waals surface area contributed by atoms with E-state index in [-0.39, 0.29) is 12.5 Å². The molecule has 0 bridgehead atoms. The number of aromatic nitrogens is 3. The Bertz CT molecular complexity index is 301. The Kier molecular flexibility index (Phi) is 2.58. The van der Waals surface area contributed by atoms with E-state index >= 15 is 0 Å². The fourth-order valence-corrected chi connectivity index (χ4v) is 0.751. The fourth-order valence-electron chi connectivity index (χ4n) is 0.751. The molecule has 7 nitrogen and oxygen atoms in total. The summed E-state index contributed by atoms with van der Waals surface area (Å²) < 4.78 is 0. The maximum absolute atomic E-state index is 10.6. The van der Waals surface area contributed by atoms with Crippen LogP contribution in [0.3, 0.4) is 0 Å². The van der Waals surface area contributed by atoms with E-state index in [0.29, 0.717) is 5.82 Å². The molecule has 0 unspecified atom stereocenters. The van der Waals surface area contributed by atoms with Crippen LogP contribution in [-0.2, 0) is 16.1 Å². The highest BCUT2D eigenvalue weighted by Crippen LogP contribution is 1.97. The number of primary amides is 1. The van der Waals surface area contributed by atoms with E-state index in [9.17, 15) is 9.59 Å². The number of nitrogens with zero attached hydrogens (tertiary/aromatic N) is 3. The molecule has 2 amide bonds. The van der Waals surface area contributed by atoms with Gasteiger partial charge < -0.3 is 11.1 Å². The summed E-state index contributed by atoms with van der Waals surface area (Å²) in [5.74, 6) is -0.482. The quantitative estimate of drug-likeness (QED) is 0.609. The van der Waals surface area contributed by atoms with Crippen LogP contribution in [0.4, 0.5) is 5.82 Å². The molecule has 1 aromatic rings. The average Bonchev–Trinajstić information content (AvgIpc) is 2.33. The molecule has 0 saturated carbocycles. The van der Waals surface area contributed by atoms with Gasteiger partial charge in [-0.3, -0.25) is 9.59 Å². The van der Waals surface area contributed by atoms with Crippen LogP contribution < -0.4 is 11.1 Å². The lowest BCUT2D eigenvalue weighted by molar-refractivity contribution is -0.119. The lowest BCUT2D eigenvalue weighted by atomic mass is 10.6. The Labute approximate surface area is 73.9 Å². The van der Waals surface area contributed by atoms with Crippen molar-refractivity contribution in [1.82, 2.24) is 15.0 Å². The Balaban J connectivity index is 2.63. The van der Waals surface area contributed by atoms with E-state index in [1.807, 2.05) is 0 Å². The van der Waals surface area contributed by atoms with Crippen LogP contribution in [0, 0.1) is 0 Å². The van der Waals surface area contributed by atoms with Gasteiger partial charge in [-0.05, 0) is 0 Å². The molecule has 3 N–H and O–H groups in total. The van der Waals surface area contributed by atoms with Gasteiger partial charge in [-0.2, -0.15) is 9.90 Å². The average molecular weight is 183 g/mol. The molecule has 70 valence electrons. The van der Waals surface area contributed by atoms with Crippen molar-refractivity contribution in [1.29, 1.82) is 0 Å². The van der Waals surface area contributed by atoms with Crippen molar-refractivity contribution in [3.8, 4) is 0 Å². The molecule has 0 aromatic carbocycles. The van der Waals surface area contributed by atoms with Crippen molar-refractivity contribution in [3.05, 3.63) is 6.20 Å². The maximum Gasteiger partial charge on any atom is 0.241 e. The summed E-state index contributed by atoms with van der Waals surface area (Å²) in [4.78, 5) is 22.1. The first kappa shape index (κ1) is 9.17. The van der Waals surface area contributed by atoms with E-state index in [1.54, 1.807) is 0 Å². The summed E-state index contributed by atoms with van der Waals surface area (Å²) in [7, 11) is 0. The number of nitrogens with one attached hydrogen (secondary N) is 1. The van der Waals surface area contributed by atoms with E-state index in [1.165, 1.54) is 13.1 Å². The predicted molar refractivity (Wildman–Crippen MR) is 43.5 cm³/mol. The molecule has 0 fully saturated rings. The third-order valence-electron chi connectivity index (χ3n) is 1.14. The minimum atomic E-state index is -0.537. The van der Waals surface area contributed by atoms with Crippen LogP contribution in [-0.4, -0.2) is 26.8 Å². The summed E-state index contributed by atoms with van der Waals surface area (Å²) in [6, 6.07) is 0. The number of rotatable bonds is 3. The zero-order valence-corrected chi connectivity index (χ0v) is 7.02. The second-order valence-electron chi connectivity index (χ2n) is 2.41. The molecule has 1 aromatic heterocycles. The molecule has 0 radical (unpaired) electrons. The Morgan fingerprint density at radius 1 is 1.69 bits per heavy atom. The number of nitrogens with two attached hydrogens (primary N) is 1. The molecule has 13 heavy (non-hydrogen) atoms. The lowest BCUT2D eigenvalue weighted by Crippen LogP contribution is -2.20. The zero-order chi connectivity index (χ0) is 9.84. The Morgan fingerprint density at radius 2 is 2.38 bits per heavy atom. The summed E-state index contributed by atoms with van der Waals surface area (Å²) in [5.41, 5.74) is 4.91. The van der Waals surface area contributed by atoms with Crippen LogP contribution >= 0.6 is 0 Å². The first-order valence-corrected chi connectivity index (χ1v) is 3.54. The Morgan fingerprint density at radius 3 is 2.92 bits per heavy atom. The second kappa shape index (κ2) is 3.65. The minimum Gasteiger partial charge on any atom is -0.368 e. The van der Waals surface area contributed by atoms with Crippen molar-refractivity contribution < 1.29 is 9.59 Å². The number of anilines is 1. The molecule has 0 atom stereocenters. The first-order valence-electron chi connectivity index (χ1n) is 3.54. The van der Waals surface area contributed by atoms with Gasteiger partial charge in [-0.15, -0.1) is 5.10 Å². The maximum atomic E-state index is 10.6. The SMILES string of the molecule is CC(=O)Nc1cnn(CC(N)=O)n1. The molecular weight excluding hydrogens is 174 g/mol. The van der Waals surface area contributed by atoms with Gasteiger partial charge >= 0.3 is 0 Å². The second-order valence-corrected chi connectivity index (χ2v) is 2.41. The summed E-state index contributed by atoms with van der Waals surface area (Å²) >= 11 is 0. The zero-order valence-electron chi connectivity index (χ0n) is 7.02. The van der Waals surface area contributed by atoms with Gasteiger partial charge in [-0.25, -0.2) is 0 Å². The molecule has 0 aliphatic heterocycles. The molecule has 1 heterocycles. The Hall–Kier alpha value is -1.92. The van der Waals surface area contributed by atoms with Gasteiger partial charge in [0.15, 0.2) is 5.82 Å². The fraction of sp³-hybridized carbons (Fsp3) is 0.333. The van der Waals surface area contributed by atoms with Gasteiger partial charge in [0.25, 0.3) is 0 Å². The monoisotopic (exact) mass is 183 g/mol. The van der Waals surface area contributed by atoms with Gasteiger partial charge in [0.2, 0.25) is 11.8 Å². The van der Waals surface area contributed by atoms with Crippen LogP contribution in [0.25, 0.3) is 0 Å². The number of amides is 2. The standard InChI is InChI=1S/C6H9N5O2/c1-4(12)9-6-2-8-11(10-6)3-5(7)13/h2H,3H2,1H3,(H2,7,13)(H,9,10,12). The number of carbonyl (C=O) groups is 2. The van der Waals surface area contributed by atoms with Crippen molar-refractivity contribution in [3.63, 3.8) is 0 Å². The smallest absolute Gasteiger partial charge is 0.241 e. The van der Waals surface area contributed by atoms with Crippen molar-refractivity contribution in [2.75, 3.05) is 5.32 Å². The van der Waals surface area contributed by atoms with Gasteiger partial charge in [0.05, 0.1) is 6.20 Å². The predicted octanol–water partition coefficient (Wildman–Crippen LogP) is -1.28. The normalized spacial score (nSPS) is 9.62. The summed E-state index contributed by atoms with van der Waals surface area (Å²) in [6.07, 6.45) is 1.34. The molecule has 0 saturated heterocycles. The largest absolute Gasteiger partial charge is 0.368 e. The number of carbonyl (C=O) groups excluding carboxylic acids is 2. The first-order chi connectivity index (χ1) is 6.08. The van der Waals surface area contributed by atoms with Crippen molar-refractivity contribution >= 4 is 17.6 Å². The summed E-state index contributed by atoms with van der Waals surface area (Å²) in [6.45, 7) is 1.26. The third-order valence-corrected chi connectivity index (χ3v) is 1.14. The van der Waals surface area contributed by atoms with E-state index in [2.05, 4.69) is 15.5 Å². The van der Waals surface area contributed by atoms with Crippen LogP contribution in [0.2, 0.25) is 0 Å². The highest BCUT2D eigenvalue weighted by atomic mass is 16.2. The highest BCUT2D eigenvalue weighted by molar-refractivity contribution is 5.87. The molecule has 0 spiro atoms.